The van der Waals surface area contributed by atoms with Gasteiger partial charge in [0.25, 0.3) is 0 Å². The highest BCUT2D eigenvalue weighted by Gasteiger charge is 2.27. The van der Waals surface area contributed by atoms with Gasteiger partial charge >= 0.3 is 18.2 Å². The van der Waals surface area contributed by atoms with Crippen molar-refractivity contribution in [3.05, 3.63) is 0 Å². The second kappa shape index (κ2) is 11.3. The van der Waals surface area contributed by atoms with E-state index >= 15 is 0 Å². The van der Waals surface area contributed by atoms with Crippen molar-refractivity contribution >= 4 is 24.4 Å². The fourth-order valence-electron chi connectivity index (χ4n) is 2.91. The van der Waals surface area contributed by atoms with Gasteiger partial charge in [-0.05, 0) is 13.5 Å². The first-order chi connectivity index (χ1) is 12.8. The molecule has 0 saturated carbocycles. The summed E-state index contributed by atoms with van der Waals surface area (Å²) in [7, 11) is 1.79. The number of likely N-dealkylation sites (N-methyl/N-ethyl adjacent to an activating group) is 1. The molecule has 0 aromatic heterocycles. The normalized spacial score (nSPS) is 19.6. The molecule has 2 amide bonds. The van der Waals surface area contributed by atoms with Crippen molar-refractivity contribution in [1.29, 1.82) is 0 Å². The molecule has 1 aliphatic rings. The number of amides is 2. The molecule has 1 fully saturated rings. The summed E-state index contributed by atoms with van der Waals surface area (Å²) < 4.78 is 0. The molecule has 1 rings (SSSR count). The molecule has 1 aliphatic heterocycles. The highest BCUT2D eigenvalue weighted by atomic mass is 16.4. The molecule has 1 atom stereocenters. The Morgan fingerprint density at radius 1 is 0.852 bits per heavy atom. The quantitative estimate of drug-likeness (QED) is 0.537. The summed E-state index contributed by atoms with van der Waals surface area (Å²) in [6.45, 7) is 1.82. The van der Waals surface area contributed by atoms with Crippen LogP contribution in [0.4, 0.5) is 9.59 Å². The van der Waals surface area contributed by atoms with E-state index in [-0.39, 0.29) is 52.1 Å². The summed E-state index contributed by atoms with van der Waals surface area (Å²) in [5.74, 6) is -1.12. The molecule has 1 unspecified atom stereocenters. The van der Waals surface area contributed by atoms with E-state index in [0.29, 0.717) is 19.4 Å². The summed E-state index contributed by atoms with van der Waals surface area (Å²) in [6, 6.07) is -0.980. The number of hydrogen-bond donors (Lipinski definition) is 3. The minimum atomic E-state index is -1.12. The largest absolute Gasteiger partial charge is 0.480 e. The van der Waals surface area contributed by atoms with Crippen LogP contribution in [0.1, 0.15) is 12.8 Å². The Balaban J connectivity index is 2.99. The number of aliphatic carboxylic acids is 1. The van der Waals surface area contributed by atoms with E-state index < -0.39 is 24.2 Å². The van der Waals surface area contributed by atoms with Crippen LogP contribution in [-0.4, -0.2) is 125 Å². The van der Waals surface area contributed by atoms with Gasteiger partial charge in [0.15, 0.2) is 0 Å². The number of carbonyl (C=O) groups is 4. The average molecular weight is 388 g/mol. The summed E-state index contributed by atoms with van der Waals surface area (Å²) in [5, 5.41) is 28.2. The SMILES string of the molecule is CN1CCN(C(=O)O)CCN(C(CCC=O)C(=O)O)CCN(C(=O)O)CC1. The van der Waals surface area contributed by atoms with Gasteiger partial charge in [0, 0.05) is 58.8 Å². The van der Waals surface area contributed by atoms with Gasteiger partial charge in [-0.3, -0.25) is 9.69 Å². The second-order valence-corrected chi connectivity index (χ2v) is 6.48. The summed E-state index contributed by atoms with van der Waals surface area (Å²) in [6.07, 6.45) is -1.40. The van der Waals surface area contributed by atoms with Crippen LogP contribution < -0.4 is 0 Å². The van der Waals surface area contributed by atoms with Crippen molar-refractivity contribution in [3.8, 4) is 0 Å². The smallest absolute Gasteiger partial charge is 0.407 e. The predicted molar refractivity (Wildman–Crippen MR) is 95.0 cm³/mol. The van der Waals surface area contributed by atoms with Gasteiger partial charge in [-0.25, -0.2) is 9.59 Å². The molecule has 27 heavy (non-hydrogen) atoms. The zero-order chi connectivity index (χ0) is 20.4. The number of carbonyl (C=O) groups excluding carboxylic acids is 1. The summed E-state index contributed by atoms with van der Waals surface area (Å²) in [5.41, 5.74) is 0. The van der Waals surface area contributed by atoms with E-state index in [9.17, 15) is 34.5 Å². The van der Waals surface area contributed by atoms with E-state index in [0.717, 1.165) is 0 Å². The van der Waals surface area contributed by atoms with Crippen LogP contribution in [0.3, 0.4) is 0 Å². The zero-order valence-electron chi connectivity index (χ0n) is 15.5. The van der Waals surface area contributed by atoms with Gasteiger partial charge in [-0.2, -0.15) is 0 Å². The first-order valence-corrected chi connectivity index (χ1v) is 8.81. The van der Waals surface area contributed by atoms with Crippen LogP contribution in [-0.2, 0) is 9.59 Å². The third kappa shape index (κ3) is 7.79. The number of carboxylic acids is 1. The molecule has 0 aromatic carbocycles. The molecule has 0 bridgehead atoms. The number of carboxylic acid groups (broad SMARTS) is 3. The predicted octanol–water partition coefficient (Wildman–Crippen LogP) is -0.374. The van der Waals surface area contributed by atoms with Crippen molar-refractivity contribution in [2.24, 2.45) is 0 Å². The number of rotatable bonds is 5. The maximum Gasteiger partial charge on any atom is 0.407 e. The maximum absolute atomic E-state index is 11.6. The standard InChI is InChI=1S/C16H28N4O7/c1-17-4-6-19(15(24)25)10-8-18(13(14(22)23)3-2-12-21)9-11-20(7-5-17)16(26)27/h12-13H,2-11H2,1H3,(H,22,23)(H,24,25)(H,26,27). The number of hydrogen-bond acceptors (Lipinski definition) is 6. The third-order valence-corrected chi connectivity index (χ3v) is 4.64. The van der Waals surface area contributed by atoms with Crippen molar-refractivity contribution in [1.82, 2.24) is 19.6 Å². The Morgan fingerprint density at radius 2 is 1.30 bits per heavy atom. The Bertz CT molecular complexity index is 501. The van der Waals surface area contributed by atoms with Gasteiger partial charge in [0.1, 0.15) is 12.3 Å². The lowest BCUT2D eigenvalue weighted by Gasteiger charge is -2.34. The first-order valence-electron chi connectivity index (χ1n) is 8.81. The highest BCUT2D eigenvalue weighted by Crippen LogP contribution is 2.09. The van der Waals surface area contributed by atoms with Gasteiger partial charge in [-0.1, -0.05) is 0 Å². The van der Waals surface area contributed by atoms with Crippen LogP contribution in [0.15, 0.2) is 0 Å². The van der Waals surface area contributed by atoms with Gasteiger partial charge < -0.3 is 34.8 Å². The molecule has 0 radical (unpaired) electrons. The number of nitrogens with zero attached hydrogens (tertiary/aromatic N) is 4. The van der Waals surface area contributed by atoms with Crippen molar-refractivity contribution in [3.63, 3.8) is 0 Å². The molecule has 11 heteroatoms. The van der Waals surface area contributed by atoms with Crippen LogP contribution in [0.5, 0.6) is 0 Å². The summed E-state index contributed by atoms with van der Waals surface area (Å²) >= 11 is 0. The Hall–Kier alpha value is -2.40. The van der Waals surface area contributed by atoms with Gasteiger partial charge in [-0.15, -0.1) is 0 Å². The van der Waals surface area contributed by atoms with Crippen LogP contribution in [0.25, 0.3) is 0 Å². The van der Waals surface area contributed by atoms with E-state index in [1.54, 1.807) is 11.9 Å². The molecule has 1 saturated heterocycles. The first kappa shape index (κ1) is 22.6. The molecule has 3 N–H and O–H groups in total. The van der Waals surface area contributed by atoms with Gasteiger partial charge in [0.05, 0.1) is 0 Å². The van der Waals surface area contributed by atoms with Crippen LogP contribution in [0, 0.1) is 0 Å². The van der Waals surface area contributed by atoms with E-state index in [2.05, 4.69) is 0 Å². The lowest BCUT2D eigenvalue weighted by Crippen LogP contribution is -2.51. The van der Waals surface area contributed by atoms with E-state index in [4.69, 9.17) is 0 Å². The topological polar surface area (TPSA) is 142 Å². The molecule has 1 heterocycles. The highest BCUT2D eigenvalue weighted by molar-refractivity contribution is 5.74. The van der Waals surface area contributed by atoms with Crippen LogP contribution in [0.2, 0.25) is 0 Å². The zero-order valence-corrected chi connectivity index (χ0v) is 15.5. The lowest BCUT2D eigenvalue weighted by molar-refractivity contribution is -0.143. The minimum Gasteiger partial charge on any atom is -0.480 e. The Kier molecular flexibility index (Phi) is 9.51. The third-order valence-electron chi connectivity index (χ3n) is 4.64. The fraction of sp³-hybridized carbons (Fsp3) is 0.750. The fourth-order valence-corrected chi connectivity index (χ4v) is 2.91. The number of aldehydes is 1. The Morgan fingerprint density at radius 3 is 1.67 bits per heavy atom. The molecular formula is C16H28N4O7. The van der Waals surface area contributed by atoms with Crippen molar-refractivity contribution < 1.29 is 34.5 Å². The molecule has 0 spiro atoms. The molecule has 154 valence electrons. The van der Waals surface area contributed by atoms with Crippen LogP contribution >= 0.6 is 0 Å². The lowest BCUT2D eigenvalue weighted by atomic mass is 10.1. The molecule has 0 aromatic rings. The van der Waals surface area contributed by atoms with Crippen molar-refractivity contribution in [2.75, 3.05) is 59.4 Å². The monoisotopic (exact) mass is 388 g/mol. The van der Waals surface area contributed by atoms with E-state index in [1.807, 2.05) is 4.90 Å². The Labute approximate surface area is 157 Å². The summed E-state index contributed by atoms with van der Waals surface area (Å²) in [4.78, 5) is 51.0. The van der Waals surface area contributed by atoms with Gasteiger partial charge in [0.2, 0.25) is 0 Å². The maximum atomic E-state index is 11.6. The average Bonchev–Trinajstić information content (AvgIpc) is 2.58. The molecular weight excluding hydrogens is 360 g/mol. The molecule has 11 nitrogen and oxygen atoms in total. The van der Waals surface area contributed by atoms with E-state index in [1.165, 1.54) is 9.80 Å². The molecule has 0 aliphatic carbocycles. The van der Waals surface area contributed by atoms with Crippen molar-refractivity contribution in [2.45, 2.75) is 18.9 Å². The second-order valence-electron chi connectivity index (χ2n) is 6.48. The minimum absolute atomic E-state index is 0.0591.